The summed E-state index contributed by atoms with van der Waals surface area (Å²) in [4.78, 5) is 18.0. The van der Waals surface area contributed by atoms with Crippen LogP contribution in [0.15, 0.2) is 29.1 Å². The summed E-state index contributed by atoms with van der Waals surface area (Å²) >= 11 is 0. The number of aromatic amines is 1. The highest BCUT2D eigenvalue weighted by Crippen LogP contribution is 2.26. The third-order valence-electron chi connectivity index (χ3n) is 6.14. The number of ether oxygens (including phenoxy) is 1. The molecule has 9 heteroatoms. The van der Waals surface area contributed by atoms with E-state index in [0.717, 1.165) is 48.2 Å². The van der Waals surface area contributed by atoms with Crippen LogP contribution in [0.2, 0.25) is 0 Å². The maximum absolute atomic E-state index is 12.8. The van der Waals surface area contributed by atoms with E-state index in [1.807, 2.05) is 29.8 Å². The minimum Gasteiger partial charge on any atom is -0.396 e. The first-order valence-electron chi connectivity index (χ1n) is 11.4. The van der Waals surface area contributed by atoms with E-state index in [-0.39, 0.29) is 24.3 Å². The van der Waals surface area contributed by atoms with Gasteiger partial charge in [0.2, 0.25) is 0 Å². The second-order valence-corrected chi connectivity index (χ2v) is 8.54. The molecule has 0 unspecified atom stereocenters. The van der Waals surface area contributed by atoms with Gasteiger partial charge in [0, 0.05) is 37.4 Å². The van der Waals surface area contributed by atoms with Crippen LogP contribution in [-0.2, 0) is 17.8 Å². The molecule has 32 heavy (non-hydrogen) atoms. The molecule has 3 heterocycles. The van der Waals surface area contributed by atoms with Crippen molar-refractivity contribution in [1.82, 2.24) is 30.1 Å². The number of tetrazole rings is 1. The van der Waals surface area contributed by atoms with Crippen LogP contribution in [0, 0.1) is 6.92 Å². The van der Waals surface area contributed by atoms with Crippen LogP contribution in [0.25, 0.3) is 10.9 Å². The van der Waals surface area contributed by atoms with E-state index in [2.05, 4.69) is 38.4 Å². The van der Waals surface area contributed by atoms with Crippen LogP contribution in [0.4, 0.5) is 0 Å². The Kier molecular flexibility index (Phi) is 7.29. The highest BCUT2D eigenvalue weighted by atomic mass is 16.5. The summed E-state index contributed by atoms with van der Waals surface area (Å²) in [6.07, 6.45) is 3.59. The summed E-state index contributed by atoms with van der Waals surface area (Å²) in [6.45, 7) is 6.71. The lowest BCUT2D eigenvalue weighted by Crippen LogP contribution is -2.34. The number of benzene rings is 1. The number of fused-ring (bicyclic) bond motifs is 1. The van der Waals surface area contributed by atoms with E-state index in [0.29, 0.717) is 31.6 Å². The Labute approximate surface area is 187 Å². The second-order valence-electron chi connectivity index (χ2n) is 8.54. The number of nitrogens with zero attached hydrogens (tertiary/aromatic N) is 5. The van der Waals surface area contributed by atoms with Crippen molar-refractivity contribution in [3.8, 4) is 0 Å². The van der Waals surface area contributed by atoms with Crippen molar-refractivity contribution in [3.05, 3.63) is 51.6 Å². The van der Waals surface area contributed by atoms with Gasteiger partial charge in [0.05, 0.1) is 18.7 Å². The molecule has 0 bridgehead atoms. The Morgan fingerprint density at radius 3 is 3.00 bits per heavy atom. The number of aliphatic hydroxyl groups excluding tert-OH is 1. The first kappa shape index (κ1) is 22.6. The van der Waals surface area contributed by atoms with Gasteiger partial charge in [0.25, 0.3) is 5.56 Å². The zero-order chi connectivity index (χ0) is 22.5. The molecule has 3 aromatic rings. The monoisotopic (exact) mass is 440 g/mol. The van der Waals surface area contributed by atoms with Crippen LogP contribution in [-0.4, -0.2) is 61.1 Å². The third-order valence-corrected chi connectivity index (χ3v) is 6.14. The molecular weight excluding hydrogens is 408 g/mol. The van der Waals surface area contributed by atoms with Gasteiger partial charge in [0.1, 0.15) is 0 Å². The van der Waals surface area contributed by atoms with E-state index in [1.54, 1.807) is 0 Å². The van der Waals surface area contributed by atoms with Gasteiger partial charge in [-0.25, -0.2) is 4.68 Å². The number of hydrogen-bond acceptors (Lipinski definition) is 7. The zero-order valence-corrected chi connectivity index (χ0v) is 18.8. The van der Waals surface area contributed by atoms with Gasteiger partial charge in [0.15, 0.2) is 5.82 Å². The quantitative estimate of drug-likeness (QED) is 0.498. The minimum atomic E-state index is -0.0934. The van der Waals surface area contributed by atoms with Gasteiger partial charge in [-0.15, -0.1) is 5.10 Å². The predicted molar refractivity (Wildman–Crippen MR) is 121 cm³/mol. The molecule has 0 radical (unpaired) electrons. The normalized spacial score (nSPS) is 17.4. The van der Waals surface area contributed by atoms with Crippen LogP contribution < -0.4 is 5.56 Å². The van der Waals surface area contributed by atoms with Crippen LogP contribution in [0.3, 0.4) is 0 Å². The molecule has 1 aliphatic rings. The van der Waals surface area contributed by atoms with Crippen LogP contribution in [0.5, 0.6) is 0 Å². The number of aromatic nitrogens is 5. The SMILES string of the molecule is CC[C@@H](c1nnnn1C[C@H]1CCCO1)N(CCCO)Cc1cc2cc(C)ccc2[nH]c1=O. The number of rotatable bonds is 10. The lowest BCUT2D eigenvalue weighted by molar-refractivity contribution is 0.0888. The molecule has 1 aromatic carbocycles. The summed E-state index contributed by atoms with van der Waals surface area (Å²) in [6, 6.07) is 7.90. The molecule has 1 fully saturated rings. The summed E-state index contributed by atoms with van der Waals surface area (Å²) in [5, 5.41) is 23.0. The van der Waals surface area contributed by atoms with E-state index < -0.39 is 0 Å². The second kappa shape index (κ2) is 10.3. The summed E-state index contributed by atoms with van der Waals surface area (Å²) in [7, 11) is 0. The predicted octanol–water partition coefficient (Wildman–Crippen LogP) is 2.34. The molecule has 2 aromatic heterocycles. The number of aliphatic hydroxyl groups is 1. The number of nitrogens with one attached hydrogen (secondary N) is 1. The Morgan fingerprint density at radius 2 is 2.25 bits per heavy atom. The van der Waals surface area contributed by atoms with Crippen molar-refractivity contribution in [1.29, 1.82) is 0 Å². The molecule has 2 N–H and O–H groups in total. The smallest absolute Gasteiger partial charge is 0.252 e. The molecule has 0 saturated carbocycles. The van der Waals surface area contributed by atoms with Gasteiger partial charge in [-0.05, 0) is 66.6 Å². The van der Waals surface area contributed by atoms with Crippen molar-refractivity contribution in [2.24, 2.45) is 0 Å². The molecule has 0 spiro atoms. The highest BCUT2D eigenvalue weighted by Gasteiger charge is 2.27. The van der Waals surface area contributed by atoms with Crippen molar-refractivity contribution >= 4 is 10.9 Å². The topological polar surface area (TPSA) is 109 Å². The molecule has 1 saturated heterocycles. The standard InChI is InChI=1S/C23H32N6O3/c1-3-21(22-25-26-27-29(22)15-19-6-4-11-32-19)28(9-5-10-30)14-18-13-17-12-16(2)7-8-20(17)24-23(18)31/h7-8,12-13,19,21,30H,3-6,9-11,14-15H2,1-2H3,(H,24,31)/t19-,21+/m1/s1. The lowest BCUT2D eigenvalue weighted by atomic mass is 10.1. The number of hydrogen-bond donors (Lipinski definition) is 2. The fourth-order valence-electron chi connectivity index (χ4n) is 4.49. The fraction of sp³-hybridized carbons (Fsp3) is 0.565. The van der Waals surface area contributed by atoms with Gasteiger partial charge in [-0.2, -0.15) is 0 Å². The minimum absolute atomic E-state index is 0.0782. The molecule has 4 rings (SSSR count). The van der Waals surface area contributed by atoms with Crippen molar-refractivity contribution in [2.45, 2.75) is 64.8 Å². The maximum Gasteiger partial charge on any atom is 0.252 e. The van der Waals surface area contributed by atoms with Crippen molar-refractivity contribution < 1.29 is 9.84 Å². The van der Waals surface area contributed by atoms with Crippen LogP contribution >= 0.6 is 0 Å². The van der Waals surface area contributed by atoms with Crippen molar-refractivity contribution in [3.63, 3.8) is 0 Å². The largest absolute Gasteiger partial charge is 0.396 e. The summed E-state index contributed by atoms with van der Waals surface area (Å²) in [5.41, 5.74) is 2.58. The van der Waals surface area contributed by atoms with Crippen molar-refractivity contribution in [2.75, 3.05) is 19.8 Å². The van der Waals surface area contributed by atoms with Crippen LogP contribution in [0.1, 0.15) is 55.6 Å². The lowest BCUT2D eigenvalue weighted by Gasteiger charge is -2.30. The molecule has 0 aliphatic carbocycles. The van der Waals surface area contributed by atoms with Gasteiger partial charge < -0.3 is 14.8 Å². The summed E-state index contributed by atoms with van der Waals surface area (Å²) < 4.78 is 7.61. The first-order chi connectivity index (χ1) is 15.6. The van der Waals surface area contributed by atoms with Gasteiger partial charge in [-0.1, -0.05) is 18.6 Å². The average molecular weight is 441 g/mol. The zero-order valence-electron chi connectivity index (χ0n) is 18.8. The molecule has 1 aliphatic heterocycles. The first-order valence-corrected chi connectivity index (χ1v) is 11.4. The van der Waals surface area contributed by atoms with E-state index in [9.17, 15) is 9.90 Å². The number of pyridine rings is 1. The molecule has 2 atom stereocenters. The maximum atomic E-state index is 12.8. The Hall–Kier alpha value is -2.62. The third kappa shape index (κ3) is 5.06. The molecule has 172 valence electrons. The van der Waals surface area contributed by atoms with E-state index in [4.69, 9.17) is 4.74 Å². The Morgan fingerprint density at radius 1 is 1.38 bits per heavy atom. The fourth-order valence-corrected chi connectivity index (χ4v) is 4.49. The Balaban J connectivity index is 1.63. The Bertz CT molecular complexity index is 1090. The highest BCUT2D eigenvalue weighted by molar-refractivity contribution is 5.79. The molecule has 9 nitrogen and oxygen atoms in total. The van der Waals surface area contributed by atoms with E-state index in [1.165, 1.54) is 0 Å². The molecular formula is C23H32N6O3. The number of aryl methyl sites for hydroxylation is 1. The average Bonchev–Trinajstić information content (AvgIpc) is 3.46. The van der Waals surface area contributed by atoms with Gasteiger partial charge in [-0.3, -0.25) is 9.69 Å². The van der Waals surface area contributed by atoms with E-state index >= 15 is 0 Å². The summed E-state index contributed by atoms with van der Waals surface area (Å²) in [5.74, 6) is 0.772. The van der Waals surface area contributed by atoms with Gasteiger partial charge >= 0.3 is 0 Å². The molecule has 0 amide bonds. The number of H-pyrrole nitrogens is 1.